The van der Waals surface area contributed by atoms with Crippen LogP contribution in [0.25, 0.3) is 9.88 Å². The van der Waals surface area contributed by atoms with Crippen molar-refractivity contribution in [2.45, 2.75) is 13.5 Å². The molecule has 1 N–H and O–H groups in total. The summed E-state index contributed by atoms with van der Waals surface area (Å²) in [6, 6.07) is 11.5. The Balaban J connectivity index is 1.60. The Hall–Kier alpha value is -2.22. The maximum atomic E-state index is 12.4. The maximum absolute atomic E-state index is 12.4. The zero-order valence-electron chi connectivity index (χ0n) is 14.8. The van der Waals surface area contributed by atoms with Gasteiger partial charge in [0, 0.05) is 11.9 Å². The van der Waals surface area contributed by atoms with Gasteiger partial charge in [-0.15, -0.1) is 22.7 Å². The van der Waals surface area contributed by atoms with Gasteiger partial charge in [-0.3, -0.25) is 9.69 Å². The van der Waals surface area contributed by atoms with Crippen LogP contribution in [0.3, 0.4) is 0 Å². The number of carbonyl (C=O) groups is 1. The third-order valence-electron chi connectivity index (χ3n) is 3.86. The molecule has 2 aromatic heterocycles. The highest BCUT2D eigenvalue weighted by molar-refractivity contribution is 7.20. The van der Waals surface area contributed by atoms with E-state index in [4.69, 9.17) is 9.72 Å². The Labute approximate surface area is 161 Å². The van der Waals surface area contributed by atoms with E-state index in [0.717, 1.165) is 17.2 Å². The summed E-state index contributed by atoms with van der Waals surface area (Å²) in [5, 5.41) is 8.07. The van der Waals surface area contributed by atoms with Crippen molar-refractivity contribution in [1.29, 1.82) is 0 Å². The highest BCUT2D eigenvalue weighted by Crippen LogP contribution is 2.28. The lowest BCUT2D eigenvalue weighted by molar-refractivity contribution is -0.117. The fourth-order valence-electron chi connectivity index (χ4n) is 2.54. The molecule has 3 aromatic rings. The summed E-state index contributed by atoms with van der Waals surface area (Å²) < 4.78 is 5.28. The topological polar surface area (TPSA) is 54.5 Å². The lowest BCUT2D eigenvalue weighted by Gasteiger charge is -2.19. The van der Waals surface area contributed by atoms with Crippen LogP contribution in [-0.2, 0) is 11.3 Å². The Bertz CT molecular complexity index is 846. The van der Waals surface area contributed by atoms with Gasteiger partial charge in [0.2, 0.25) is 5.91 Å². The number of ether oxygens (including phenoxy) is 1. The van der Waals surface area contributed by atoms with Crippen molar-refractivity contribution in [2.24, 2.45) is 0 Å². The van der Waals surface area contributed by atoms with Gasteiger partial charge in [0.05, 0.1) is 29.9 Å². The number of nitrogens with zero attached hydrogens (tertiary/aromatic N) is 2. The van der Waals surface area contributed by atoms with E-state index in [-0.39, 0.29) is 5.91 Å². The zero-order chi connectivity index (χ0) is 18.4. The molecule has 0 saturated heterocycles. The summed E-state index contributed by atoms with van der Waals surface area (Å²) in [5.74, 6) is 0.592. The Kier molecular flexibility index (Phi) is 6.38. The number of rotatable bonds is 8. The fourth-order valence-corrected chi connectivity index (χ4v) is 4.17. The minimum atomic E-state index is -0.0648. The van der Waals surface area contributed by atoms with Gasteiger partial charge in [-0.1, -0.05) is 25.1 Å². The first-order valence-electron chi connectivity index (χ1n) is 8.33. The Morgan fingerprint density at radius 3 is 2.81 bits per heavy atom. The molecule has 2 heterocycles. The first-order chi connectivity index (χ1) is 12.7. The Morgan fingerprint density at radius 1 is 1.23 bits per heavy atom. The molecule has 7 heteroatoms. The van der Waals surface area contributed by atoms with Gasteiger partial charge in [0.25, 0.3) is 0 Å². The summed E-state index contributed by atoms with van der Waals surface area (Å²) in [5.41, 5.74) is 1.68. The van der Waals surface area contributed by atoms with Crippen LogP contribution in [0.5, 0.6) is 5.75 Å². The molecular formula is C19H21N3O2S2. The molecule has 0 atom stereocenters. The van der Waals surface area contributed by atoms with Gasteiger partial charge in [0.15, 0.2) is 0 Å². The molecule has 1 amide bonds. The van der Waals surface area contributed by atoms with E-state index in [1.807, 2.05) is 37.3 Å². The molecule has 136 valence electrons. The number of thiophene rings is 1. The summed E-state index contributed by atoms with van der Waals surface area (Å²) in [4.78, 5) is 20.3. The van der Waals surface area contributed by atoms with Crippen molar-refractivity contribution in [1.82, 2.24) is 9.88 Å². The van der Waals surface area contributed by atoms with E-state index in [1.165, 1.54) is 4.88 Å². The molecule has 0 unspecified atom stereocenters. The standard InChI is InChI=1S/C19H21N3O2S2/c1-3-22(11-14-13-26-19(20-14)17-9-6-10-25-17)12-18(23)21-15-7-4-5-8-16(15)24-2/h4-10,13H,3,11-12H2,1-2H3,(H,21,23). The van der Waals surface area contributed by atoms with Gasteiger partial charge in [-0.2, -0.15) is 0 Å². The van der Waals surface area contributed by atoms with E-state index < -0.39 is 0 Å². The number of hydrogen-bond acceptors (Lipinski definition) is 6. The number of para-hydroxylation sites is 2. The van der Waals surface area contributed by atoms with Crippen molar-refractivity contribution in [3.05, 3.63) is 52.9 Å². The normalized spacial score (nSPS) is 10.9. The van der Waals surface area contributed by atoms with Crippen molar-refractivity contribution in [3.63, 3.8) is 0 Å². The van der Waals surface area contributed by atoms with E-state index in [2.05, 4.69) is 27.0 Å². The number of amides is 1. The second-order valence-corrected chi connectivity index (χ2v) is 7.48. The second kappa shape index (κ2) is 8.93. The summed E-state index contributed by atoms with van der Waals surface area (Å²) in [6.45, 7) is 3.77. The first kappa shape index (κ1) is 18.6. The molecular weight excluding hydrogens is 366 g/mol. The lowest BCUT2D eigenvalue weighted by atomic mass is 10.3. The quantitative estimate of drug-likeness (QED) is 0.625. The monoisotopic (exact) mass is 387 g/mol. The largest absolute Gasteiger partial charge is 0.495 e. The average Bonchev–Trinajstić information content (AvgIpc) is 3.33. The number of aromatic nitrogens is 1. The number of benzene rings is 1. The molecule has 0 aliphatic rings. The third-order valence-corrected chi connectivity index (χ3v) is 5.79. The Morgan fingerprint density at radius 2 is 2.08 bits per heavy atom. The van der Waals surface area contributed by atoms with Crippen LogP contribution in [0.4, 0.5) is 5.69 Å². The van der Waals surface area contributed by atoms with Gasteiger partial charge >= 0.3 is 0 Å². The SMILES string of the molecule is CCN(CC(=O)Nc1ccccc1OC)Cc1csc(-c2cccs2)n1. The van der Waals surface area contributed by atoms with Crippen molar-refractivity contribution < 1.29 is 9.53 Å². The highest BCUT2D eigenvalue weighted by Gasteiger charge is 2.14. The third kappa shape index (κ3) is 4.69. The molecule has 0 spiro atoms. The number of hydrogen-bond donors (Lipinski definition) is 1. The van der Waals surface area contributed by atoms with Gasteiger partial charge in [-0.25, -0.2) is 4.98 Å². The summed E-state index contributed by atoms with van der Waals surface area (Å²) in [7, 11) is 1.59. The lowest BCUT2D eigenvalue weighted by Crippen LogP contribution is -2.32. The van der Waals surface area contributed by atoms with E-state index in [1.54, 1.807) is 29.8 Å². The predicted octanol–water partition coefficient (Wildman–Crippen LogP) is 4.34. The highest BCUT2D eigenvalue weighted by atomic mass is 32.1. The number of methoxy groups -OCH3 is 1. The zero-order valence-corrected chi connectivity index (χ0v) is 16.4. The molecule has 0 aliphatic carbocycles. The van der Waals surface area contributed by atoms with Crippen LogP contribution in [-0.4, -0.2) is 36.0 Å². The molecule has 0 radical (unpaired) electrons. The summed E-state index contributed by atoms with van der Waals surface area (Å²) in [6.07, 6.45) is 0. The smallest absolute Gasteiger partial charge is 0.238 e. The van der Waals surface area contributed by atoms with Crippen LogP contribution in [0.2, 0.25) is 0 Å². The van der Waals surface area contributed by atoms with Crippen LogP contribution >= 0.6 is 22.7 Å². The van der Waals surface area contributed by atoms with Gasteiger partial charge in [0.1, 0.15) is 10.8 Å². The van der Waals surface area contributed by atoms with Crippen LogP contribution in [0.15, 0.2) is 47.2 Å². The number of likely N-dealkylation sites (N-methyl/N-ethyl adjacent to an activating group) is 1. The van der Waals surface area contributed by atoms with Crippen LogP contribution in [0, 0.1) is 0 Å². The molecule has 0 aliphatic heterocycles. The molecule has 26 heavy (non-hydrogen) atoms. The number of anilines is 1. The fraction of sp³-hybridized carbons (Fsp3) is 0.263. The van der Waals surface area contributed by atoms with Crippen LogP contribution in [0.1, 0.15) is 12.6 Å². The molecule has 0 saturated carbocycles. The van der Waals surface area contributed by atoms with E-state index in [9.17, 15) is 4.79 Å². The minimum Gasteiger partial charge on any atom is -0.495 e. The molecule has 0 bridgehead atoms. The van der Waals surface area contributed by atoms with Crippen molar-refractivity contribution in [3.8, 4) is 15.6 Å². The van der Waals surface area contributed by atoms with Crippen molar-refractivity contribution in [2.75, 3.05) is 25.5 Å². The number of thiazole rings is 1. The maximum Gasteiger partial charge on any atom is 0.238 e. The van der Waals surface area contributed by atoms with E-state index >= 15 is 0 Å². The average molecular weight is 388 g/mol. The van der Waals surface area contributed by atoms with Gasteiger partial charge in [-0.05, 0) is 30.1 Å². The summed E-state index contributed by atoms with van der Waals surface area (Å²) >= 11 is 3.33. The molecule has 0 fully saturated rings. The predicted molar refractivity (Wildman–Crippen MR) is 108 cm³/mol. The first-order valence-corrected chi connectivity index (χ1v) is 10.1. The van der Waals surface area contributed by atoms with Crippen molar-refractivity contribution >= 4 is 34.3 Å². The van der Waals surface area contributed by atoms with E-state index in [0.29, 0.717) is 24.5 Å². The minimum absolute atomic E-state index is 0.0648. The molecule has 3 rings (SSSR count). The van der Waals surface area contributed by atoms with Crippen LogP contribution < -0.4 is 10.1 Å². The number of carbonyl (C=O) groups excluding carboxylic acids is 1. The van der Waals surface area contributed by atoms with Gasteiger partial charge < -0.3 is 10.1 Å². The molecule has 1 aromatic carbocycles. The molecule has 5 nitrogen and oxygen atoms in total. The second-order valence-electron chi connectivity index (χ2n) is 5.67. The number of nitrogens with one attached hydrogen (secondary N) is 1.